The molecule has 1 heterocycles. The van der Waals surface area contributed by atoms with Crippen LogP contribution in [0.1, 0.15) is 36.0 Å². The van der Waals surface area contributed by atoms with Crippen molar-refractivity contribution in [3.05, 3.63) is 23.8 Å². The number of hydrogen-bond acceptors (Lipinski definition) is 4. The van der Waals surface area contributed by atoms with Crippen LogP contribution in [0, 0.1) is 5.92 Å². The SMILES string of the molecule is Cl.NCC1CCCC1NC(=O)c1ccc2c(c1)OCCCO2. The summed E-state index contributed by atoms with van der Waals surface area (Å²) in [6, 6.07) is 5.56. The number of benzene rings is 1. The second-order valence-electron chi connectivity index (χ2n) is 5.72. The average molecular weight is 327 g/mol. The molecular formula is C16H23ClN2O3. The molecule has 6 heteroatoms. The minimum atomic E-state index is -0.0593. The number of carbonyl (C=O) groups excluding carboxylic acids is 1. The van der Waals surface area contributed by atoms with Crippen LogP contribution in [0.3, 0.4) is 0 Å². The Hall–Kier alpha value is -1.46. The summed E-state index contributed by atoms with van der Waals surface area (Å²) in [5, 5.41) is 3.10. The molecule has 2 atom stereocenters. The molecule has 0 saturated heterocycles. The standard InChI is InChI=1S/C16H22N2O3.ClH/c17-10-12-3-1-4-13(12)18-16(19)11-5-6-14-15(9-11)21-8-2-7-20-14;/h5-6,9,12-13H,1-4,7-8,10,17H2,(H,18,19);1H. The van der Waals surface area contributed by atoms with Gasteiger partial charge in [-0.15, -0.1) is 12.4 Å². The van der Waals surface area contributed by atoms with E-state index in [1.165, 1.54) is 0 Å². The molecule has 5 nitrogen and oxygen atoms in total. The van der Waals surface area contributed by atoms with Crippen LogP contribution in [-0.4, -0.2) is 31.7 Å². The smallest absolute Gasteiger partial charge is 0.251 e. The maximum absolute atomic E-state index is 12.4. The molecule has 0 bridgehead atoms. The summed E-state index contributed by atoms with van der Waals surface area (Å²) in [6.45, 7) is 1.90. The van der Waals surface area contributed by atoms with Crippen LogP contribution in [0.5, 0.6) is 11.5 Å². The normalized spacial score (nSPS) is 23.3. The third kappa shape index (κ3) is 3.65. The van der Waals surface area contributed by atoms with Crippen LogP contribution in [0.4, 0.5) is 0 Å². The molecule has 122 valence electrons. The molecule has 0 aromatic heterocycles. The zero-order valence-electron chi connectivity index (χ0n) is 12.5. The molecule has 3 N–H and O–H groups in total. The first kappa shape index (κ1) is 16.9. The first-order valence-corrected chi connectivity index (χ1v) is 7.68. The molecule has 1 aliphatic carbocycles. The predicted molar refractivity (Wildman–Crippen MR) is 86.9 cm³/mol. The van der Waals surface area contributed by atoms with Gasteiger partial charge in [0.05, 0.1) is 13.2 Å². The van der Waals surface area contributed by atoms with Gasteiger partial charge in [0, 0.05) is 18.0 Å². The molecule has 1 amide bonds. The molecule has 1 aliphatic heterocycles. The number of fused-ring (bicyclic) bond motifs is 1. The fourth-order valence-electron chi connectivity index (χ4n) is 3.07. The highest BCUT2D eigenvalue weighted by Crippen LogP contribution is 2.31. The van der Waals surface area contributed by atoms with Crippen molar-refractivity contribution < 1.29 is 14.3 Å². The van der Waals surface area contributed by atoms with Gasteiger partial charge >= 0.3 is 0 Å². The molecule has 1 fully saturated rings. The van der Waals surface area contributed by atoms with Gasteiger partial charge in [-0.05, 0) is 43.5 Å². The Morgan fingerprint density at radius 2 is 1.95 bits per heavy atom. The van der Waals surface area contributed by atoms with E-state index in [4.69, 9.17) is 15.2 Å². The van der Waals surface area contributed by atoms with Crippen LogP contribution in [0.15, 0.2) is 18.2 Å². The van der Waals surface area contributed by atoms with Crippen molar-refractivity contribution in [2.45, 2.75) is 31.7 Å². The van der Waals surface area contributed by atoms with Crippen molar-refractivity contribution in [3.8, 4) is 11.5 Å². The molecular weight excluding hydrogens is 304 g/mol. The Morgan fingerprint density at radius 1 is 1.18 bits per heavy atom. The van der Waals surface area contributed by atoms with Crippen LogP contribution in [0.2, 0.25) is 0 Å². The van der Waals surface area contributed by atoms with Crippen molar-refractivity contribution in [2.24, 2.45) is 11.7 Å². The lowest BCUT2D eigenvalue weighted by molar-refractivity contribution is 0.0928. The highest BCUT2D eigenvalue weighted by molar-refractivity contribution is 5.95. The van der Waals surface area contributed by atoms with E-state index in [9.17, 15) is 4.79 Å². The molecule has 2 unspecified atom stereocenters. The number of ether oxygens (including phenoxy) is 2. The number of hydrogen-bond donors (Lipinski definition) is 2. The van der Waals surface area contributed by atoms with Gasteiger partial charge in [0.1, 0.15) is 0 Å². The van der Waals surface area contributed by atoms with Gasteiger partial charge in [-0.2, -0.15) is 0 Å². The van der Waals surface area contributed by atoms with Crippen molar-refractivity contribution in [3.63, 3.8) is 0 Å². The van der Waals surface area contributed by atoms with Crippen molar-refractivity contribution in [1.82, 2.24) is 5.32 Å². The molecule has 2 aliphatic rings. The van der Waals surface area contributed by atoms with Crippen LogP contribution >= 0.6 is 12.4 Å². The summed E-state index contributed by atoms with van der Waals surface area (Å²) in [5.74, 6) is 1.71. The minimum Gasteiger partial charge on any atom is -0.490 e. The van der Waals surface area contributed by atoms with Crippen molar-refractivity contribution in [1.29, 1.82) is 0 Å². The van der Waals surface area contributed by atoms with Crippen LogP contribution in [-0.2, 0) is 0 Å². The van der Waals surface area contributed by atoms with E-state index in [0.29, 0.717) is 42.7 Å². The van der Waals surface area contributed by atoms with E-state index >= 15 is 0 Å². The van der Waals surface area contributed by atoms with E-state index in [0.717, 1.165) is 25.7 Å². The van der Waals surface area contributed by atoms with Crippen LogP contribution < -0.4 is 20.5 Å². The summed E-state index contributed by atoms with van der Waals surface area (Å²) in [6.07, 6.45) is 4.10. The fourth-order valence-corrected chi connectivity index (χ4v) is 3.07. The predicted octanol–water partition coefficient (Wildman–Crippen LogP) is 2.13. The number of carbonyl (C=O) groups is 1. The van der Waals surface area contributed by atoms with E-state index in [-0.39, 0.29) is 24.4 Å². The highest BCUT2D eigenvalue weighted by atomic mass is 35.5. The van der Waals surface area contributed by atoms with Gasteiger partial charge in [-0.1, -0.05) is 6.42 Å². The quantitative estimate of drug-likeness (QED) is 0.892. The topological polar surface area (TPSA) is 73.6 Å². The molecule has 1 saturated carbocycles. The number of nitrogens with two attached hydrogens (primary N) is 1. The first-order valence-electron chi connectivity index (χ1n) is 7.68. The third-order valence-corrected chi connectivity index (χ3v) is 4.29. The zero-order chi connectivity index (χ0) is 14.7. The monoisotopic (exact) mass is 326 g/mol. The maximum atomic E-state index is 12.4. The van der Waals surface area contributed by atoms with Gasteiger partial charge in [-0.3, -0.25) is 4.79 Å². The maximum Gasteiger partial charge on any atom is 0.251 e. The summed E-state index contributed by atoms with van der Waals surface area (Å²) >= 11 is 0. The molecule has 1 aromatic rings. The molecule has 22 heavy (non-hydrogen) atoms. The summed E-state index contributed by atoms with van der Waals surface area (Å²) in [7, 11) is 0. The number of halogens is 1. The Morgan fingerprint density at radius 3 is 2.73 bits per heavy atom. The first-order chi connectivity index (χ1) is 10.3. The summed E-state index contributed by atoms with van der Waals surface area (Å²) in [4.78, 5) is 12.4. The van der Waals surface area contributed by atoms with Gasteiger partial charge < -0.3 is 20.5 Å². The number of amides is 1. The second-order valence-corrected chi connectivity index (χ2v) is 5.72. The second kappa shape index (κ2) is 7.70. The van der Waals surface area contributed by atoms with Gasteiger partial charge in [0.2, 0.25) is 0 Å². The largest absolute Gasteiger partial charge is 0.490 e. The fraction of sp³-hybridized carbons (Fsp3) is 0.562. The average Bonchev–Trinajstić information content (AvgIpc) is 2.81. The number of rotatable bonds is 3. The molecule has 0 spiro atoms. The van der Waals surface area contributed by atoms with Crippen molar-refractivity contribution in [2.75, 3.05) is 19.8 Å². The lowest BCUT2D eigenvalue weighted by Gasteiger charge is -2.19. The Kier molecular flexibility index (Phi) is 5.91. The minimum absolute atomic E-state index is 0. The summed E-state index contributed by atoms with van der Waals surface area (Å²) < 4.78 is 11.2. The lowest BCUT2D eigenvalue weighted by atomic mass is 10.0. The van der Waals surface area contributed by atoms with E-state index in [1.807, 2.05) is 6.07 Å². The van der Waals surface area contributed by atoms with E-state index < -0.39 is 0 Å². The van der Waals surface area contributed by atoms with Crippen LogP contribution in [0.25, 0.3) is 0 Å². The Labute approximate surface area is 137 Å². The van der Waals surface area contributed by atoms with Gasteiger partial charge in [0.15, 0.2) is 11.5 Å². The van der Waals surface area contributed by atoms with E-state index in [1.54, 1.807) is 12.1 Å². The Bertz CT molecular complexity index is 524. The molecule has 3 rings (SSSR count). The van der Waals surface area contributed by atoms with Crippen molar-refractivity contribution >= 4 is 18.3 Å². The zero-order valence-corrected chi connectivity index (χ0v) is 13.4. The van der Waals surface area contributed by atoms with Gasteiger partial charge in [0.25, 0.3) is 5.91 Å². The molecule has 1 aromatic carbocycles. The Balaban J connectivity index is 0.00000176. The number of nitrogens with one attached hydrogen (secondary N) is 1. The third-order valence-electron chi connectivity index (χ3n) is 4.29. The lowest BCUT2D eigenvalue weighted by Crippen LogP contribution is -2.39. The molecule has 0 radical (unpaired) electrons. The summed E-state index contributed by atoms with van der Waals surface area (Å²) in [5.41, 5.74) is 6.37. The van der Waals surface area contributed by atoms with E-state index in [2.05, 4.69) is 5.32 Å². The highest BCUT2D eigenvalue weighted by Gasteiger charge is 2.27. The van der Waals surface area contributed by atoms with Gasteiger partial charge in [-0.25, -0.2) is 0 Å².